The number of likely N-dealkylation sites (N-methyl/N-ethyl adjacent to an activating group) is 1. The number of amides is 2. The van der Waals surface area contributed by atoms with E-state index in [9.17, 15) is 23.3 Å². The van der Waals surface area contributed by atoms with E-state index < -0.39 is 47.2 Å². The second-order valence-corrected chi connectivity index (χ2v) is 22.0. The lowest BCUT2D eigenvalue weighted by Crippen LogP contribution is -2.51. The first-order valence-corrected chi connectivity index (χ1v) is 21.7. The number of nitrogens with zero attached hydrogens (tertiary/aromatic N) is 7. The van der Waals surface area contributed by atoms with Crippen LogP contribution in [0.4, 0.5) is 0 Å². The summed E-state index contributed by atoms with van der Waals surface area (Å²) in [6.45, 7) is 8.46. The van der Waals surface area contributed by atoms with Gasteiger partial charge in [-0.25, -0.2) is 28.0 Å². The van der Waals surface area contributed by atoms with Crippen molar-refractivity contribution in [1.82, 2.24) is 32.9 Å². The summed E-state index contributed by atoms with van der Waals surface area (Å²) in [6.07, 6.45) is -2.54. The Balaban J connectivity index is 1.70. The predicted octanol–water partition coefficient (Wildman–Crippen LogP) is 1.28. The van der Waals surface area contributed by atoms with E-state index in [-0.39, 0.29) is 63.7 Å². The van der Waals surface area contributed by atoms with Gasteiger partial charge < -0.3 is 38.4 Å². The summed E-state index contributed by atoms with van der Waals surface area (Å²) in [7, 11) is 0.511. The van der Waals surface area contributed by atoms with Crippen molar-refractivity contribution in [2.75, 3.05) is 115 Å². The summed E-state index contributed by atoms with van der Waals surface area (Å²) in [4.78, 5) is 25.3. The highest BCUT2D eigenvalue weighted by Crippen LogP contribution is 2.56. The Morgan fingerprint density at radius 3 is 1.41 bits per heavy atom. The minimum absolute atomic E-state index is 0.0256. The molecule has 51 heavy (non-hydrogen) atoms. The van der Waals surface area contributed by atoms with Crippen LogP contribution < -0.4 is 5.73 Å². The number of carbonyl (C=O) groups excluding carboxylic acids is 2. The van der Waals surface area contributed by atoms with Crippen LogP contribution in [-0.2, 0) is 51.1 Å². The Labute approximate surface area is 303 Å². The van der Waals surface area contributed by atoms with E-state index in [2.05, 4.69) is 0 Å². The second-order valence-electron chi connectivity index (χ2n) is 14.1. The van der Waals surface area contributed by atoms with E-state index in [0.717, 1.165) is 0 Å². The first-order valence-electron chi connectivity index (χ1n) is 17.1. The lowest BCUT2D eigenvalue weighted by atomic mass is 10.2. The van der Waals surface area contributed by atoms with Gasteiger partial charge in [-0.1, -0.05) is 0 Å². The smallest absolute Gasteiger partial charge is 0.345 e. The maximum atomic E-state index is 14.6. The molecule has 9 atom stereocenters. The summed E-state index contributed by atoms with van der Waals surface area (Å²) >= 11 is 0. The summed E-state index contributed by atoms with van der Waals surface area (Å²) in [6, 6.07) is 0. The molecule has 0 aromatic carbocycles. The van der Waals surface area contributed by atoms with Crippen molar-refractivity contribution >= 4 is 34.8 Å². The van der Waals surface area contributed by atoms with Gasteiger partial charge in [0.1, 0.15) is 0 Å². The van der Waals surface area contributed by atoms with E-state index >= 15 is 0 Å². The topological polar surface area (TPSA) is 189 Å². The van der Waals surface area contributed by atoms with Gasteiger partial charge in [-0.15, -0.1) is 0 Å². The van der Waals surface area contributed by atoms with Gasteiger partial charge in [0, 0.05) is 46.2 Å². The SMILES string of the molecule is CC(=O)N1CC(COP(=O)(N(C)C)N2CC(COP(=O)(N(C)C)N3CC(COP(=O)(N(C)C)N(C)CC(N)=O)O[C@@H](C)C3)O[C@@H](C)C2)O[C@@H](C)C1. The molecular weight excluding hydrogens is 729 g/mol. The lowest BCUT2D eigenvalue weighted by molar-refractivity contribution is -0.144. The number of nitrogens with two attached hydrogens (primary N) is 1. The largest absolute Gasteiger partial charge is 0.370 e. The fraction of sp³-hybridized carbons (Fsp3) is 0.931. The van der Waals surface area contributed by atoms with Gasteiger partial charge in [-0.2, -0.15) is 0 Å². The van der Waals surface area contributed by atoms with Gasteiger partial charge >= 0.3 is 23.0 Å². The average Bonchev–Trinajstić information content (AvgIpc) is 3.03. The molecule has 0 aliphatic carbocycles. The summed E-state index contributed by atoms with van der Waals surface area (Å²) < 4.78 is 88.4. The quantitative estimate of drug-likeness (QED) is 0.207. The molecule has 0 spiro atoms. The molecule has 3 saturated heterocycles. The number of hydrogen-bond acceptors (Lipinski definition) is 11. The molecule has 0 bridgehead atoms. The number of morpholine rings is 3. The van der Waals surface area contributed by atoms with Crippen LogP contribution in [0.25, 0.3) is 0 Å². The van der Waals surface area contributed by atoms with Crippen molar-refractivity contribution in [2.24, 2.45) is 5.73 Å². The Morgan fingerprint density at radius 1 is 0.647 bits per heavy atom. The Hall–Kier alpha value is -0.850. The maximum absolute atomic E-state index is 14.6. The van der Waals surface area contributed by atoms with E-state index in [0.29, 0.717) is 26.2 Å². The molecule has 298 valence electrons. The van der Waals surface area contributed by atoms with E-state index in [4.69, 9.17) is 33.5 Å². The number of rotatable bonds is 17. The molecule has 19 nitrogen and oxygen atoms in total. The molecule has 2 amide bonds. The molecule has 2 N–H and O–H groups in total. The predicted molar refractivity (Wildman–Crippen MR) is 192 cm³/mol. The minimum atomic E-state index is -3.66. The van der Waals surface area contributed by atoms with Crippen LogP contribution in [0.3, 0.4) is 0 Å². The molecule has 0 aromatic heterocycles. The first kappa shape index (κ1) is 44.5. The Morgan fingerprint density at radius 2 is 1.04 bits per heavy atom. The highest BCUT2D eigenvalue weighted by molar-refractivity contribution is 7.54. The van der Waals surface area contributed by atoms with Crippen LogP contribution in [0, 0.1) is 0 Å². The third kappa shape index (κ3) is 11.6. The highest BCUT2D eigenvalue weighted by Gasteiger charge is 2.45. The van der Waals surface area contributed by atoms with Gasteiger partial charge in [0.25, 0.3) is 0 Å². The molecule has 0 saturated carbocycles. The van der Waals surface area contributed by atoms with Crippen molar-refractivity contribution in [1.29, 1.82) is 0 Å². The molecular formula is C29H61N8O11P3. The molecule has 6 unspecified atom stereocenters. The number of hydrogen-bond donors (Lipinski definition) is 1. The van der Waals surface area contributed by atoms with Crippen molar-refractivity contribution in [3.05, 3.63) is 0 Å². The van der Waals surface area contributed by atoms with Gasteiger partial charge in [0.05, 0.1) is 63.0 Å². The molecule has 0 radical (unpaired) electrons. The molecule has 3 aliphatic rings. The third-order valence-corrected chi connectivity index (χ3v) is 16.3. The molecule has 3 rings (SSSR count). The van der Waals surface area contributed by atoms with Crippen molar-refractivity contribution in [2.45, 2.75) is 64.3 Å². The van der Waals surface area contributed by atoms with Crippen LogP contribution in [0.5, 0.6) is 0 Å². The van der Waals surface area contributed by atoms with Crippen LogP contribution in [0.2, 0.25) is 0 Å². The van der Waals surface area contributed by atoms with Crippen molar-refractivity contribution in [3.63, 3.8) is 0 Å². The second kappa shape index (κ2) is 18.7. The zero-order chi connectivity index (χ0) is 38.5. The zero-order valence-electron chi connectivity index (χ0n) is 32.1. The van der Waals surface area contributed by atoms with E-state index in [1.807, 2.05) is 20.8 Å². The molecule has 3 aliphatic heterocycles. The van der Waals surface area contributed by atoms with Crippen LogP contribution >= 0.6 is 23.0 Å². The van der Waals surface area contributed by atoms with Crippen molar-refractivity contribution in [3.8, 4) is 0 Å². The van der Waals surface area contributed by atoms with Gasteiger partial charge in [0.2, 0.25) is 11.8 Å². The maximum Gasteiger partial charge on any atom is 0.345 e. The van der Waals surface area contributed by atoms with Gasteiger partial charge in [-0.3, -0.25) is 23.3 Å². The highest BCUT2D eigenvalue weighted by atomic mass is 31.2. The normalized spacial score (nSPS) is 30.8. The minimum Gasteiger partial charge on any atom is -0.370 e. The average molecular weight is 791 g/mol. The third-order valence-electron chi connectivity index (χ3n) is 8.72. The van der Waals surface area contributed by atoms with E-state index in [1.165, 1.54) is 28.0 Å². The van der Waals surface area contributed by atoms with Crippen molar-refractivity contribution < 1.29 is 51.1 Å². The van der Waals surface area contributed by atoms with Crippen LogP contribution in [-0.4, -0.2) is 196 Å². The summed E-state index contributed by atoms with van der Waals surface area (Å²) in [5.41, 5.74) is 5.33. The monoisotopic (exact) mass is 790 g/mol. The van der Waals surface area contributed by atoms with Gasteiger partial charge in [0.15, 0.2) is 0 Å². The van der Waals surface area contributed by atoms with E-state index in [1.54, 1.807) is 61.2 Å². The lowest BCUT2D eigenvalue weighted by Gasteiger charge is -2.44. The molecule has 22 heteroatoms. The van der Waals surface area contributed by atoms with Gasteiger partial charge in [-0.05, 0) is 70.1 Å². The molecule has 0 aromatic rings. The fourth-order valence-corrected chi connectivity index (χ4v) is 12.2. The summed E-state index contributed by atoms with van der Waals surface area (Å²) in [5.74, 6) is -0.704. The number of primary amides is 1. The zero-order valence-corrected chi connectivity index (χ0v) is 34.8. The number of ether oxygens (including phenoxy) is 3. The van der Waals surface area contributed by atoms with Crippen LogP contribution in [0.1, 0.15) is 27.7 Å². The molecule has 3 heterocycles. The first-order chi connectivity index (χ1) is 23.6. The standard InChI is InChI=1S/C29H61N8O11P3/c1-22-12-35(25(4)38)15-26(46-22)19-44-50(41,32(7)8)37-14-24(3)48-28(17-37)21-45-51(42,33(9)10)36-13-23(2)47-27(16-36)20-43-49(40,31(5)6)34(11)18-29(30)39/h22-24,26-28H,12-21H2,1-11H3,(H2,30,39)/t22-,23-,24-,26?,27?,28?,49?,50?,51?/m0/s1. The number of carbonyl (C=O) groups is 2. The molecule has 3 fully saturated rings. The summed E-state index contributed by atoms with van der Waals surface area (Å²) in [5, 5.41) is 0. The fourth-order valence-electron chi connectivity index (χ4n) is 6.31. The Kier molecular flexibility index (Phi) is 16.3. The Bertz CT molecular complexity index is 1330. The van der Waals surface area contributed by atoms with Crippen LogP contribution in [0.15, 0.2) is 0 Å².